The van der Waals surface area contributed by atoms with Gasteiger partial charge in [0.1, 0.15) is 5.75 Å². The first kappa shape index (κ1) is 11.9. The van der Waals surface area contributed by atoms with Crippen molar-refractivity contribution in [3.8, 4) is 5.75 Å². The van der Waals surface area contributed by atoms with E-state index in [1.807, 2.05) is 18.2 Å². The van der Waals surface area contributed by atoms with Crippen LogP contribution in [0.2, 0.25) is 0 Å². The van der Waals surface area contributed by atoms with Gasteiger partial charge >= 0.3 is 0 Å². The quantitative estimate of drug-likeness (QED) is 0.916. The number of ether oxygens (including phenoxy) is 1. The van der Waals surface area contributed by atoms with Crippen LogP contribution in [0.1, 0.15) is 25.7 Å². The van der Waals surface area contributed by atoms with Crippen LogP contribution in [0, 0.1) is 6.07 Å². The summed E-state index contributed by atoms with van der Waals surface area (Å²) in [5, 5.41) is 3.52. The van der Waals surface area contributed by atoms with E-state index in [-0.39, 0.29) is 0 Å². The molecule has 1 heterocycles. The molecule has 1 N–H and O–H groups in total. The van der Waals surface area contributed by atoms with E-state index in [4.69, 9.17) is 4.74 Å². The maximum absolute atomic E-state index is 5.65. The van der Waals surface area contributed by atoms with Gasteiger partial charge in [0.25, 0.3) is 0 Å². The Labute approximate surface area is 106 Å². The van der Waals surface area contributed by atoms with Crippen LogP contribution < -0.4 is 10.1 Å². The number of nitrogens with one attached hydrogen (secondary N) is 1. The van der Waals surface area contributed by atoms with E-state index in [1.165, 1.54) is 19.3 Å². The molecule has 1 fully saturated rings. The predicted molar refractivity (Wildman–Crippen MR) is 68.7 cm³/mol. The first-order chi connectivity index (χ1) is 7.84. The maximum atomic E-state index is 5.65. The van der Waals surface area contributed by atoms with Crippen molar-refractivity contribution in [3.63, 3.8) is 0 Å². The largest absolute Gasteiger partial charge is 0.493 e. The van der Waals surface area contributed by atoms with Gasteiger partial charge < -0.3 is 10.1 Å². The summed E-state index contributed by atoms with van der Waals surface area (Å²) in [6.45, 7) is 1.94. The van der Waals surface area contributed by atoms with Crippen molar-refractivity contribution in [1.82, 2.24) is 5.32 Å². The molecule has 0 spiro atoms. The zero-order valence-corrected chi connectivity index (χ0v) is 10.9. The Morgan fingerprint density at radius 3 is 3.06 bits per heavy atom. The van der Waals surface area contributed by atoms with E-state index in [0.29, 0.717) is 6.04 Å². The van der Waals surface area contributed by atoms with E-state index >= 15 is 0 Å². The van der Waals surface area contributed by atoms with Crippen LogP contribution in [-0.2, 0) is 0 Å². The zero-order valence-electron chi connectivity index (χ0n) is 9.34. The Bertz CT molecular complexity index is 306. The Balaban J connectivity index is 1.69. The topological polar surface area (TPSA) is 21.3 Å². The molecule has 0 bridgehead atoms. The molecule has 0 amide bonds. The minimum Gasteiger partial charge on any atom is -0.493 e. The number of hydrogen-bond acceptors (Lipinski definition) is 2. The van der Waals surface area contributed by atoms with Gasteiger partial charge in [-0.3, -0.25) is 0 Å². The third kappa shape index (κ3) is 3.80. The van der Waals surface area contributed by atoms with Gasteiger partial charge in [0.05, 0.1) is 6.61 Å². The van der Waals surface area contributed by atoms with Gasteiger partial charge in [0.2, 0.25) is 0 Å². The fourth-order valence-electron chi connectivity index (χ4n) is 1.96. The fraction of sp³-hybridized carbons (Fsp3) is 0.538. The van der Waals surface area contributed by atoms with Crippen LogP contribution in [0.5, 0.6) is 5.75 Å². The SMILES string of the molecule is Brc1c[c]c(OCCC2CCCCN2)cc1. The smallest absolute Gasteiger partial charge is 0.127 e. The van der Waals surface area contributed by atoms with Crippen LogP contribution in [0.4, 0.5) is 0 Å². The first-order valence-corrected chi connectivity index (χ1v) is 6.67. The lowest BCUT2D eigenvalue weighted by atomic mass is 10.0. The normalized spacial score (nSPS) is 20.7. The Morgan fingerprint density at radius 1 is 1.44 bits per heavy atom. The molecule has 3 heteroatoms. The molecule has 16 heavy (non-hydrogen) atoms. The minimum atomic E-state index is 0.643. The van der Waals surface area contributed by atoms with Crippen molar-refractivity contribution < 1.29 is 4.74 Å². The second-order valence-electron chi connectivity index (χ2n) is 4.16. The Kier molecular flexibility index (Phi) is 4.67. The highest BCUT2D eigenvalue weighted by molar-refractivity contribution is 9.10. The monoisotopic (exact) mass is 282 g/mol. The maximum Gasteiger partial charge on any atom is 0.127 e. The summed E-state index contributed by atoms with van der Waals surface area (Å²) in [6, 6.07) is 9.53. The molecule has 0 aromatic heterocycles. The van der Waals surface area contributed by atoms with Crippen molar-refractivity contribution in [1.29, 1.82) is 0 Å². The van der Waals surface area contributed by atoms with E-state index in [9.17, 15) is 0 Å². The zero-order chi connectivity index (χ0) is 11.2. The van der Waals surface area contributed by atoms with Gasteiger partial charge in [-0.1, -0.05) is 22.4 Å². The number of benzene rings is 1. The van der Waals surface area contributed by atoms with Gasteiger partial charge in [-0.15, -0.1) is 0 Å². The third-order valence-electron chi connectivity index (χ3n) is 2.88. The molecule has 1 aromatic rings. The number of rotatable bonds is 4. The lowest BCUT2D eigenvalue weighted by molar-refractivity contribution is 0.268. The summed E-state index contributed by atoms with van der Waals surface area (Å²) in [5.41, 5.74) is 0. The van der Waals surface area contributed by atoms with E-state index in [2.05, 4.69) is 27.3 Å². The molecule has 1 unspecified atom stereocenters. The van der Waals surface area contributed by atoms with Crippen LogP contribution in [0.3, 0.4) is 0 Å². The molecule has 1 aromatic carbocycles. The molecule has 1 aliphatic rings. The summed E-state index contributed by atoms with van der Waals surface area (Å²) >= 11 is 3.38. The van der Waals surface area contributed by atoms with Gasteiger partial charge in [-0.05, 0) is 44.0 Å². The summed E-state index contributed by atoms with van der Waals surface area (Å²) in [4.78, 5) is 0. The number of halogens is 1. The van der Waals surface area contributed by atoms with Crippen molar-refractivity contribution in [2.45, 2.75) is 31.7 Å². The molecule has 87 valence electrons. The van der Waals surface area contributed by atoms with E-state index < -0.39 is 0 Å². The average molecular weight is 283 g/mol. The van der Waals surface area contributed by atoms with E-state index in [0.717, 1.165) is 29.8 Å². The molecular formula is C13H17BrNO. The highest BCUT2D eigenvalue weighted by atomic mass is 79.9. The van der Waals surface area contributed by atoms with Gasteiger partial charge in [-0.25, -0.2) is 0 Å². The van der Waals surface area contributed by atoms with E-state index in [1.54, 1.807) is 0 Å². The standard InChI is InChI=1S/C13H17BrNO/c14-11-4-6-13(7-5-11)16-10-8-12-3-1-2-9-15-12/h4-6,12,15H,1-3,8-10H2. The Morgan fingerprint density at radius 2 is 2.38 bits per heavy atom. The summed E-state index contributed by atoms with van der Waals surface area (Å²) < 4.78 is 6.68. The molecule has 1 radical (unpaired) electrons. The lowest BCUT2D eigenvalue weighted by Gasteiger charge is -2.23. The third-order valence-corrected chi connectivity index (χ3v) is 3.38. The van der Waals surface area contributed by atoms with Crippen LogP contribution in [0.15, 0.2) is 22.7 Å². The van der Waals surface area contributed by atoms with Crippen LogP contribution >= 0.6 is 15.9 Å². The van der Waals surface area contributed by atoms with Crippen LogP contribution in [0.25, 0.3) is 0 Å². The van der Waals surface area contributed by atoms with Gasteiger partial charge in [0.15, 0.2) is 0 Å². The van der Waals surface area contributed by atoms with Gasteiger partial charge in [0, 0.05) is 16.6 Å². The fourth-order valence-corrected chi connectivity index (χ4v) is 2.21. The lowest BCUT2D eigenvalue weighted by Crippen LogP contribution is -2.35. The predicted octanol–water partition coefficient (Wildman–Crippen LogP) is 3.16. The second kappa shape index (κ2) is 6.26. The highest BCUT2D eigenvalue weighted by Gasteiger charge is 2.11. The van der Waals surface area contributed by atoms with Crippen LogP contribution in [-0.4, -0.2) is 19.2 Å². The second-order valence-corrected chi connectivity index (χ2v) is 5.07. The summed E-state index contributed by atoms with van der Waals surface area (Å²) in [6.07, 6.45) is 5.04. The molecule has 2 rings (SSSR count). The molecule has 0 aliphatic carbocycles. The molecule has 2 nitrogen and oxygen atoms in total. The van der Waals surface area contributed by atoms with Crippen molar-refractivity contribution in [3.05, 3.63) is 28.7 Å². The average Bonchev–Trinajstić information content (AvgIpc) is 2.33. The van der Waals surface area contributed by atoms with Crippen molar-refractivity contribution in [2.75, 3.05) is 13.2 Å². The first-order valence-electron chi connectivity index (χ1n) is 5.88. The molecular weight excluding hydrogens is 266 g/mol. The Hall–Kier alpha value is -0.540. The molecule has 1 aliphatic heterocycles. The summed E-state index contributed by atoms with van der Waals surface area (Å²) in [5.74, 6) is 0.832. The summed E-state index contributed by atoms with van der Waals surface area (Å²) in [7, 11) is 0. The number of hydrogen-bond donors (Lipinski definition) is 1. The molecule has 1 atom stereocenters. The van der Waals surface area contributed by atoms with Gasteiger partial charge in [-0.2, -0.15) is 0 Å². The van der Waals surface area contributed by atoms with Crippen molar-refractivity contribution >= 4 is 15.9 Å². The highest BCUT2D eigenvalue weighted by Crippen LogP contribution is 2.16. The minimum absolute atomic E-state index is 0.643. The molecule has 0 saturated carbocycles. The molecule has 1 saturated heterocycles. The number of piperidine rings is 1. The van der Waals surface area contributed by atoms with Crippen molar-refractivity contribution in [2.24, 2.45) is 0 Å².